The Hall–Kier alpha value is -5.03. The van der Waals surface area contributed by atoms with Crippen LogP contribution in [0.1, 0.15) is 70.3 Å². The molecule has 2 aliphatic heterocycles. The quantitative estimate of drug-likeness (QED) is 0.199. The van der Waals surface area contributed by atoms with Crippen LogP contribution < -0.4 is 15.0 Å². The smallest absolute Gasteiger partial charge is 0.340 e. The van der Waals surface area contributed by atoms with E-state index in [1.165, 1.54) is 37.7 Å². The molecule has 45 heavy (non-hydrogen) atoms. The first-order valence-corrected chi connectivity index (χ1v) is 16.0. The van der Waals surface area contributed by atoms with Crippen LogP contribution in [-0.2, 0) is 16.9 Å². The van der Waals surface area contributed by atoms with Crippen molar-refractivity contribution in [1.82, 2.24) is 0 Å². The average molecular weight is 593 g/mol. The lowest BCUT2D eigenvalue weighted by atomic mass is 9.77. The summed E-state index contributed by atoms with van der Waals surface area (Å²) < 4.78 is 13.3. The SMILES string of the molecule is Cc1cc2c(cc1Nc1ccccc1)C1(OC(=O)c3ccccc31)c1ccc(N(Cc3ccccc3)C3CCCCC3)cc1O2. The molecule has 5 nitrogen and oxygen atoms in total. The molecule has 1 unspecified atom stereocenters. The molecule has 0 aromatic heterocycles. The zero-order chi connectivity index (χ0) is 30.4. The van der Waals surface area contributed by atoms with Gasteiger partial charge in [0.25, 0.3) is 0 Å². The largest absolute Gasteiger partial charge is 0.456 e. The molecule has 1 spiro atoms. The molecule has 1 fully saturated rings. The fourth-order valence-corrected chi connectivity index (χ4v) is 7.40. The summed E-state index contributed by atoms with van der Waals surface area (Å²) in [5.41, 5.74) is 7.35. The maximum absolute atomic E-state index is 13.5. The van der Waals surface area contributed by atoms with Gasteiger partial charge < -0.3 is 19.7 Å². The van der Waals surface area contributed by atoms with Gasteiger partial charge in [-0.2, -0.15) is 0 Å². The number of ether oxygens (including phenoxy) is 2. The van der Waals surface area contributed by atoms with Crippen LogP contribution in [0.25, 0.3) is 0 Å². The Morgan fingerprint density at radius 3 is 2.27 bits per heavy atom. The third-order valence-electron chi connectivity index (χ3n) is 9.64. The highest BCUT2D eigenvalue weighted by molar-refractivity contribution is 5.97. The van der Waals surface area contributed by atoms with Crippen molar-refractivity contribution < 1.29 is 14.3 Å². The molecule has 1 N–H and O–H groups in total. The molecule has 1 aliphatic carbocycles. The molecule has 8 rings (SSSR count). The van der Waals surface area contributed by atoms with Gasteiger partial charge in [0.2, 0.25) is 0 Å². The van der Waals surface area contributed by atoms with Gasteiger partial charge in [-0.3, -0.25) is 0 Å². The fourth-order valence-electron chi connectivity index (χ4n) is 7.40. The van der Waals surface area contributed by atoms with Crippen LogP contribution in [0.2, 0.25) is 0 Å². The highest BCUT2D eigenvalue weighted by Gasteiger charge is 2.53. The van der Waals surface area contributed by atoms with Gasteiger partial charge in [0.15, 0.2) is 5.60 Å². The number of fused-ring (bicyclic) bond motifs is 6. The van der Waals surface area contributed by atoms with Crippen molar-refractivity contribution in [2.24, 2.45) is 0 Å². The molecule has 0 amide bonds. The molecule has 224 valence electrons. The zero-order valence-corrected chi connectivity index (χ0v) is 25.5. The molecule has 0 bridgehead atoms. The lowest BCUT2D eigenvalue weighted by Gasteiger charge is -2.39. The molecule has 0 radical (unpaired) electrons. The van der Waals surface area contributed by atoms with Crippen molar-refractivity contribution >= 4 is 23.0 Å². The molecular formula is C40H36N2O3. The summed E-state index contributed by atoms with van der Waals surface area (Å²) in [7, 11) is 0. The number of hydrogen-bond donors (Lipinski definition) is 1. The number of para-hydroxylation sites is 1. The van der Waals surface area contributed by atoms with Gasteiger partial charge in [0.05, 0.1) is 5.56 Å². The van der Waals surface area contributed by atoms with Gasteiger partial charge >= 0.3 is 5.97 Å². The highest BCUT2D eigenvalue weighted by Crippen LogP contribution is 2.57. The van der Waals surface area contributed by atoms with E-state index in [-0.39, 0.29) is 5.97 Å². The monoisotopic (exact) mass is 592 g/mol. The van der Waals surface area contributed by atoms with Gasteiger partial charge in [0, 0.05) is 52.4 Å². The van der Waals surface area contributed by atoms with E-state index in [0.29, 0.717) is 17.4 Å². The number of nitrogens with one attached hydrogen (secondary N) is 1. The summed E-state index contributed by atoms with van der Waals surface area (Å²) in [6.07, 6.45) is 6.16. The van der Waals surface area contributed by atoms with Gasteiger partial charge in [-0.05, 0) is 73.4 Å². The highest BCUT2D eigenvalue weighted by atomic mass is 16.6. The van der Waals surface area contributed by atoms with Crippen LogP contribution in [0, 0.1) is 6.92 Å². The Balaban J connectivity index is 1.27. The van der Waals surface area contributed by atoms with Gasteiger partial charge in [-0.15, -0.1) is 0 Å². The van der Waals surface area contributed by atoms with E-state index >= 15 is 0 Å². The van der Waals surface area contributed by atoms with Crippen molar-refractivity contribution in [2.45, 2.75) is 57.2 Å². The summed E-state index contributed by atoms with van der Waals surface area (Å²) in [4.78, 5) is 16.0. The van der Waals surface area contributed by atoms with Crippen LogP contribution >= 0.6 is 0 Å². The van der Waals surface area contributed by atoms with E-state index < -0.39 is 5.60 Å². The molecule has 3 aliphatic rings. The number of rotatable bonds is 6. The second kappa shape index (κ2) is 11.2. The van der Waals surface area contributed by atoms with Crippen LogP contribution in [0.3, 0.4) is 0 Å². The number of anilines is 3. The van der Waals surface area contributed by atoms with Gasteiger partial charge in [-0.25, -0.2) is 4.79 Å². The summed E-state index contributed by atoms with van der Waals surface area (Å²) in [6, 6.07) is 39.7. The summed E-state index contributed by atoms with van der Waals surface area (Å²) in [6.45, 7) is 2.91. The number of esters is 1. The standard InChI is InChI=1S/C40H36N2O3/c1-27-23-37-35(25-36(27)41-29-15-7-3-8-16-29)40(33-20-12-11-19-32(33)39(43)45-40)34-22-21-31(24-38(34)44-37)42(30-17-9-4-10-18-30)26-28-13-5-2-6-14-28/h2-3,5-8,11-16,19-25,30,41H,4,9-10,17-18,26H2,1H3. The minimum absolute atomic E-state index is 0.320. The first-order chi connectivity index (χ1) is 22.1. The first-order valence-electron chi connectivity index (χ1n) is 16.0. The third kappa shape index (κ3) is 4.74. The van der Waals surface area contributed by atoms with Gasteiger partial charge in [-0.1, -0.05) is 86.0 Å². The molecule has 2 heterocycles. The maximum Gasteiger partial charge on any atom is 0.340 e. The Morgan fingerprint density at radius 2 is 1.47 bits per heavy atom. The molecule has 1 atom stereocenters. The predicted octanol–water partition coefficient (Wildman–Crippen LogP) is 9.65. The van der Waals surface area contributed by atoms with Crippen molar-refractivity contribution in [1.29, 1.82) is 0 Å². The fraction of sp³-hybridized carbons (Fsp3) is 0.225. The predicted molar refractivity (Wildman–Crippen MR) is 179 cm³/mol. The molecule has 5 heteroatoms. The first kappa shape index (κ1) is 27.5. The number of aryl methyl sites for hydroxylation is 1. The average Bonchev–Trinajstić information content (AvgIpc) is 3.38. The van der Waals surface area contributed by atoms with E-state index in [0.717, 1.165) is 51.6 Å². The summed E-state index contributed by atoms with van der Waals surface area (Å²) in [5, 5.41) is 3.57. The zero-order valence-electron chi connectivity index (χ0n) is 25.5. The summed E-state index contributed by atoms with van der Waals surface area (Å²) >= 11 is 0. The van der Waals surface area contributed by atoms with E-state index in [2.05, 4.69) is 77.8 Å². The molecule has 5 aromatic rings. The Labute approximate surface area is 264 Å². The molecule has 5 aromatic carbocycles. The van der Waals surface area contributed by atoms with E-state index in [9.17, 15) is 4.79 Å². The normalized spacial score (nSPS) is 18.4. The minimum Gasteiger partial charge on any atom is -0.456 e. The topological polar surface area (TPSA) is 50.8 Å². The Bertz CT molecular complexity index is 1880. The van der Waals surface area contributed by atoms with Crippen LogP contribution in [-0.4, -0.2) is 12.0 Å². The molecular weight excluding hydrogens is 556 g/mol. The number of benzene rings is 5. The lowest BCUT2D eigenvalue weighted by Crippen LogP contribution is -2.37. The Kier molecular flexibility index (Phi) is 6.82. The summed E-state index contributed by atoms with van der Waals surface area (Å²) in [5.74, 6) is 1.11. The van der Waals surface area contributed by atoms with Crippen LogP contribution in [0.5, 0.6) is 11.5 Å². The van der Waals surface area contributed by atoms with Crippen molar-refractivity contribution in [3.63, 3.8) is 0 Å². The third-order valence-corrected chi connectivity index (χ3v) is 9.64. The van der Waals surface area contributed by atoms with Crippen LogP contribution in [0.4, 0.5) is 17.1 Å². The van der Waals surface area contributed by atoms with Crippen molar-refractivity contribution in [3.05, 3.63) is 149 Å². The Morgan fingerprint density at radius 1 is 0.756 bits per heavy atom. The van der Waals surface area contributed by atoms with E-state index in [4.69, 9.17) is 9.47 Å². The number of hydrogen-bond acceptors (Lipinski definition) is 5. The lowest BCUT2D eigenvalue weighted by molar-refractivity contribution is 0.0224. The second-order valence-electron chi connectivity index (χ2n) is 12.5. The molecule has 1 saturated carbocycles. The van der Waals surface area contributed by atoms with E-state index in [1.54, 1.807) is 0 Å². The van der Waals surface area contributed by atoms with Crippen molar-refractivity contribution in [2.75, 3.05) is 10.2 Å². The van der Waals surface area contributed by atoms with E-state index in [1.807, 2.05) is 54.6 Å². The maximum atomic E-state index is 13.5. The number of carbonyl (C=O) groups is 1. The number of carbonyl (C=O) groups excluding carboxylic acids is 1. The number of nitrogens with zero attached hydrogens (tertiary/aromatic N) is 1. The second-order valence-corrected chi connectivity index (χ2v) is 12.5. The molecule has 0 saturated heterocycles. The van der Waals surface area contributed by atoms with Crippen molar-refractivity contribution in [3.8, 4) is 11.5 Å². The minimum atomic E-state index is -1.12. The van der Waals surface area contributed by atoms with Crippen LogP contribution in [0.15, 0.2) is 115 Å². The van der Waals surface area contributed by atoms with Gasteiger partial charge in [0.1, 0.15) is 11.5 Å².